The Morgan fingerprint density at radius 2 is 2.31 bits per heavy atom. The molecule has 1 amide bonds. The average molecular weight is 185 g/mol. The molecule has 0 aromatic heterocycles. The average Bonchev–Trinajstić information content (AvgIpc) is 2.53. The molecular formula is C10H19NO2. The summed E-state index contributed by atoms with van der Waals surface area (Å²) in [6.45, 7) is 5.78. The van der Waals surface area contributed by atoms with Crippen molar-refractivity contribution in [3.63, 3.8) is 0 Å². The van der Waals surface area contributed by atoms with Gasteiger partial charge in [-0.15, -0.1) is 0 Å². The first-order valence-electron chi connectivity index (χ1n) is 4.98. The molecule has 0 aromatic rings. The summed E-state index contributed by atoms with van der Waals surface area (Å²) in [5.74, 6) is 0.668. The van der Waals surface area contributed by atoms with Gasteiger partial charge in [-0.1, -0.05) is 13.8 Å². The maximum Gasteiger partial charge on any atom is 0.251 e. The van der Waals surface area contributed by atoms with Crippen molar-refractivity contribution in [3.05, 3.63) is 0 Å². The Hall–Kier alpha value is -0.570. The van der Waals surface area contributed by atoms with E-state index in [4.69, 9.17) is 4.74 Å². The number of nitrogens with zero attached hydrogens (tertiary/aromatic N) is 1. The summed E-state index contributed by atoms with van der Waals surface area (Å²) in [4.78, 5) is 13.5. The molecule has 0 aliphatic carbocycles. The summed E-state index contributed by atoms with van der Waals surface area (Å²) in [5, 5.41) is 0. The van der Waals surface area contributed by atoms with Gasteiger partial charge in [-0.05, 0) is 18.8 Å². The third kappa shape index (κ3) is 2.99. The number of carbonyl (C=O) groups is 1. The van der Waals surface area contributed by atoms with E-state index in [9.17, 15) is 4.79 Å². The van der Waals surface area contributed by atoms with E-state index in [-0.39, 0.29) is 12.0 Å². The van der Waals surface area contributed by atoms with Crippen molar-refractivity contribution in [1.82, 2.24) is 4.90 Å². The summed E-state index contributed by atoms with van der Waals surface area (Å²) in [6, 6.07) is 0. The fraction of sp³-hybridized carbons (Fsp3) is 0.900. The van der Waals surface area contributed by atoms with Crippen LogP contribution in [0.4, 0.5) is 0 Å². The molecule has 0 radical (unpaired) electrons. The molecule has 1 saturated heterocycles. The predicted molar refractivity (Wildman–Crippen MR) is 51.4 cm³/mol. The minimum atomic E-state index is -0.163. The summed E-state index contributed by atoms with van der Waals surface area (Å²) in [5.41, 5.74) is 0. The number of rotatable bonds is 3. The Morgan fingerprint density at radius 3 is 2.77 bits per heavy atom. The molecule has 0 aromatic carbocycles. The van der Waals surface area contributed by atoms with Crippen LogP contribution in [0.5, 0.6) is 0 Å². The molecule has 1 aliphatic heterocycles. The van der Waals surface area contributed by atoms with Gasteiger partial charge in [0, 0.05) is 20.2 Å². The maximum atomic E-state index is 11.7. The van der Waals surface area contributed by atoms with Crippen LogP contribution in [-0.4, -0.2) is 37.1 Å². The normalized spacial score (nSPS) is 22.3. The summed E-state index contributed by atoms with van der Waals surface area (Å²) in [7, 11) is 1.85. The van der Waals surface area contributed by atoms with Crippen molar-refractivity contribution in [2.45, 2.75) is 32.8 Å². The fourth-order valence-electron chi connectivity index (χ4n) is 1.66. The fourth-order valence-corrected chi connectivity index (χ4v) is 1.66. The van der Waals surface area contributed by atoms with E-state index >= 15 is 0 Å². The summed E-state index contributed by atoms with van der Waals surface area (Å²) < 4.78 is 5.33. The third-order valence-electron chi connectivity index (χ3n) is 2.22. The van der Waals surface area contributed by atoms with E-state index in [1.54, 1.807) is 4.90 Å². The number of amides is 1. The lowest BCUT2D eigenvalue weighted by Gasteiger charge is -2.22. The standard InChI is InChI=1S/C10H19NO2/c1-8(2)7-11(3)10(12)9-5-4-6-13-9/h8-9H,4-7H2,1-3H3/t9-/m0/s1. The third-order valence-corrected chi connectivity index (χ3v) is 2.22. The highest BCUT2D eigenvalue weighted by Gasteiger charge is 2.26. The van der Waals surface area contributed by atoms with Crippen molar-refractivity contribution < 1.29 is 9.53 Å². The Morgan fingerprint density at radius 1 is 1.62 bits per heavy atom. The van der Waals surface area contributed by atoms with Crippen molar-refractivity contribution in [2.24, 2.45) is 5.92 Å². The lowest BCUT2D eigenvalue weighted by atomic mass is 10.2. The molecule has 0 unspecified atom stereocenters. The smallest absolute Gasteiger partial charge is 0.251 e. The number of hydrogen-bond acceptors (Lipinski definition) is 2. The molecule has 76 valence electrons. The topological polar surface area (TPSA) is 29.5 Å². The van der Waals surface area contributed by atoms with Crippen LogP contribution in [0, 0.1) is 5.92 Å². The van der Waals surface area contributed by atoms with Gasteiger partial charge >= 0.3 is 0 Å². The van der Waals surface area contributed by atoms with Crippen LogP contribution in [-0.2, 0) is 9.53 Å². The van der Waals surface area contributed by atoms with Crippen LogP contribution in [0.1, 0.15) is 26.7 Å². The van der Waals surface area contributed by atoms with E-state index in [0.717, 1.165) is 26.0 Å². The molecule has 0 saturated carbocycles. The Labute approximate surface area is 80.1 Å². The summed E-state index contributed by atoms with van der Waals surface area (Å²) in [6.07, 6.45) is 1.75. The van der Waals surface area contributed by atoms with Gasteiger partial charge in [0.15, 0.2) is 0 Å². The monoisotopic (exact) mass is 185 g/mol. The second kappa shape index (κ2) is 4.61. The van der Waals surface area contributed by atoms with Crippen LogP contribution < -0.4 is 0 Å². The molecule has 0 spiro atoms. The lowest BCUT2D eigenvalue weighted by molar-refractivity contribution is -0.140. The maximum absolute atomic E-state index is 11.7. The van der Waals surface area contributed by atoms with E-state index < -0.39 is 0 Å². The zero-order valence-electron chi connectivity index (χ0n) is 8.75. The van der Waals surface area contributed by atoms with Crippen molar-refractivity contribution in [1.29, 1.82) is 0 Å². The van der Waals surface area contributed by atoms with Crippen molar-refractivity contribution >= 4 is 5.91 Å². The largest absolute Gasteiger partial charge is 0.368 e. The molecule has 3 nitrogen and oxygen atoms in total. The van der Waals surface area contributed by atoms with Gasteiger partial charge in [0.25, 0.3) is 5.91 Å². The molecule has 0 bridgehead atoms. The first kappa shape index (κ1) is 10.5. The zero-order chi connectivity index (χ0) is 9.84. The minimum Gasteiger partial charge on any atom is -0.368 e. The van der Waals surface area contributed by atoms with Crippen LogP contribution in [0.3, 0.4) is 0 Å². The number of hydrogen-bond donors (Lipinski definition) is 0. The predicted octanol–water partition coefficient (Wildman–Crippen LogP) is 1.28. The highest BCUT2D eigenvalue weighted by atomic mass is 16.5. The Balaban J connectivity index is 2.36. The molecule has 0 N–H and O–H groups in total. The second-order valence-corrected chi connectivity index (χ2v) is 4.11. The molecule has 1 heterocycles. The van der Waals surface area contributed by atoms with Crippen LogP contribution in [0.2, 0.25) is 0 Å². The minimum absolute atomic E-state index is 0.145. The first-order chi connectivity index (χ1) is 6.11. The molecule has 3 heteroatoms. The summed E-state index contributed by atoms with van der Waals surface area (Å²) >= 11 is 0. The quantitative estimate of drug-likeness (QED) is 0.663. The van der Waals surface area contributed by atoms with Crippen molar-refractivity contribution in [3.8, 4) is 0 Å². The van der Waals surface area contributed by atoms with Crippen molar-refractivity contribution in [2.75, 3.05) is 20.2 Å². The molecule has 1 fully saturated rings. The van der Waals surface area contributed by atoms with Gasteiger partial charge in [0.1, 0.15) is 6.10 Å². The Kier molecular flexibility index (Phi) is 3.72. The number of ether oxygens (including phenoxy) is 1. The zero-order valence-corrected chi connectivity index (χ0v) is 8.75. The second-order valence-electron chi connectivity index (χ2n) is 4.11. The van der Waals surface area contributed by atoms with E-state index in [2.05, 4.69) is 13.8 Å². The SMILES string of the molecule is CC(C)CN(C)C(=O)[C@@H]1CCCO1. The van der Waals surface area contributed by atoms with Gasteiger partial charge in [0.2, 0.25) is 0 Å². The molecule has 1 rings (SSSR count). The van der Waals surface area contributed by atoms with E-state index in [1.165, 1.54) is 0 Å². The first-order valence-corrected chi connectivity index (χ1v) is 4.98. The lowest BCUT2D eigenvalue weighted by Crippen LogP contribution is -2.38. The highest BCUT2D eigenvalue weighted by Crippen LogP contribution is 2.14. The van der Waals surface area contributed by atoms with E-state index in [0.29, 0.717) is 5.92 Å². The van der Waals surface area contributed by atoms with Gasteiger partial charge < -0.3 is 9.64 Å². The van der Waals surface area contributed by atoms with Gasteiger partial charge in [-0.25, -0.2) is 0 Å². The van der Waals surface area contributed by atoms with E-state index in [1.807, 2.05) is 7.05 Å². The van der Waals surface area contributed by atoms with Gasteiger partial charge in [-0.3, -0.25) is 4.79 Å². The molecule has 1 aliphatic rings. The Bertz CT molecular complexity index is 174. The molecule has 13 heavy (non-hydrogen) atoms. The van der Waals surface area contributed by atoms with Crippen LogP contribution >= 0.6 is 0 Å². The van der Waals surface area contributed by atoms with Gasteiger partial charge in [-0.2, -0.15) is 0 Å². The molecular weight excluding hydrogens is 166 g/mol. The number of likely N-dealkylation sites (N-methyl/N-ethyl adjacent to an activating group) is 1. The number of carbonyl (C=O) groups excluding carboxylic acids is 1. The molecule has 1 atom stereocenters. The van der Waals surface area contributed by atoms with Crippen LogP contribution in [0.25, 0.3) is 0 Å². The highest BCUT2D eigenvalue weighted by molar-refractivity contribution is 5.80. The van der Waals surface area contributed by atoms with Crippen LogP contribution in [0.15, 0.2) is 0 Å². The van der Waals surface area contributed by atoms with Gasteiger partial charge in [0.05, 0.1) is 0 Å².